The summed E-state index contributed by atoms with van der Waals surface area (Å²) in [4.78, 5) is 11.8. The summed E-state index contributed by atoms with van der Waals surface area (Å²) in [5.41, 5.74) is 0.190. The summed E-state index contributed by atoms with van der Waals surface area (Å²) in [5.74, 6) is -0.108. The van der Waals surface area contributed by atoms with E-state index in [1.54, 1.807) is 13.0 Å². The molecule has 31 heavy (non-hydrogen) atoms. The number of ether oxygens (including phenoxy) is 1. The number of unbranched alkanes of at least 4 members (excludes halogenated alkanes) is 11. The largest absolute Gasteiger partial charge is 0.461 e. The van der Waals surface area contributed by atoms with Crippen LogP contribution in [0.1, 0.15) is 124 Å². The number of aliphatic hydroxyl groups is 1. The van der Waals surface area contributed by atoms with Crippen molar-refractivity contribution in [2.24, 2.45) is 0 Å². The Morgan fingerprint density at radius 1 is 0.903 bits per heavy atom. The minimum Gasteiger partial charge on any atom is -0.461 e. The van der Waals surface area contributed by atoms with Crippen LogP contribution in [0.15, 0.2) is 36.5 Å². The van der Waals surface area contributed by atoms with E-state index in [1.165, 1.54) is 70.6 Å². The first-order valence-corrected chi connectivity index (χ1v) is 12.7. The third-order valence-electron chi connectivity index (χ3n) is 5.69. The summed E-state index contributed by atoms with van der Waals surface area (Å²) in [5, 5.41) is 9.88. The van der Waals surface area contributed by atoms with E-state index in [2.05, 4.69) is 25.7 Å². The van der Waals surface area contributed by atoms with Crippen LogP contribution in [0.5, 0.6) is 0 Å². The van der Waals surface area contributed by atoms with E-state index >= 15 is 0 Å². The van der Waals surface area contributed by atoms with E-state index in [0.717, 1.165) is 24.8 Å². The molecule has 0 heterocycles. The van der Waals surface area contributed by atoms with Gasteiger partial charge in [-0.3, -0.25) is 4.79 Å². The highest BCUT2D eigenvalue weighted by atomic mass is 16.5. The normalized spacial score (nSPS) is 14.0. The maximum atomic E-state index is 11.8. The fraction of sp³-hybridized carbons (Fsp3) is 0.750. The molecule has 0 saturated heterocycles. The molecule has 0 aliphatic carbocycles. The zero-order valence-electron chi connectivity index (χ0n) is 20.8. The Balaban J connectivity index is 3.50. The van der Waals surface area contributed by atoms with Crippen LogP contribution in [-0.4, -0.2) is 23.3 Å². The smallest absolute Gasteiger partial charge is 0.306 e. The topological polar surface area (TPSA) is 46.5 Å². The molecule has 1 atom stereocenters. The van der Waals surface area contributed by atoms with Crippen molar-refractivity contribution in [2.45, 2.75) is 129 Å². The Kier molecular flexibility index (Phi) is 19.7. The number of carbonyl (C=O) groups is 1. The van der Waals surface area contributed by atoms with Crippen molar-refractivity contribution in [1.29, 1.82) is 0 Å². The van der Waals surface area contributed by atoms with Gasteiger partial charge in [0.25, 0.3) is 0 Å². The second kappa shape index (κ2) is 20.5. The molecule has 0 rings (SSSR count). The fourth-order valence-corrected chi connectivity index (χ4v) is 3.38. The van der Waals surface area contributed by atoms with Gasteiger partial charge in [-0.25, -0.2) is 0 Å². The maximum Gasteiger partial charge on any atom is 0.306 e. The Bertz CT molecular complexity index is 502. The number of hydrogen-bond donors (Lipinski definition) is 1. The molecule has 0 aliphatic heterocycles. The number of esters is 1. The highest BCUT2D eigenvalue weighted by Gasteiger charge is 2.13. The SMILES string of the molecule is C=C[C@](C)(O)CC/C=C(\C)COC(=O)CCCCCCC/C=C\CCCCCCCC. The summed E-state index contributed by atoms with van der Waals surface area (Å²) in [7, 11) is 0. The van der Waals surface area contributed by atoms with E-state index in [0.29, 0.717) is 19.4 Å². The van der Waals surface area contributed by atoms with Crippen LogP contribution in [0.4, 0.5) is 0 Å². The molecule has 0 aromatic carbocycles. The summed E-state index contributed by atoms with van der Waals surface area (Å²) in [6, 6.07) is 0. The Hall–Kier alpha value is -1.35. The van der Waals surface area contributed by atoms with Gasteiger partial charge in [-0.1, -0.05) is 82.6 Å². The molecule has 0 spiro atoms. The minimum absolute atomic E-state index is 0.108. The number of carbonyl (C=O) groups excluding carboxylic acids is 1. The highest BCUT2D eigenvalue weighted by molar-refractivity contribution is 5.69. The first-order valence-electron chi connectivity index (χ1n) is 12.7. The van der Waals surface area contributed by atoms with Crippen LogP contribution in [0, 0.1) is 0 Å². The minimum atomic E-state index is -0.836. The lowest BCUT2D eigenvalue weighted by Gasteiger charge is -2.16. The second-order valence-electron chi connectivity index (χ2n) is 9.15. The summed E-state index contributed by atoms with van der Waals surface area (Å²) < 4.78 is 5.33. The maximum absolute atomic E-state index is 11.8. The fourth-order valence-electron chi connectivity index (χ4n) is 3.38. The number of hydrogen-bond acceptors (Lipinski definition) is 3. The molecule has 0 aromatic heterocycles. The van der Waals surface area contributed by atoms with Crippen molar-refractivity contribution >= 4 is 5.97 Å². The van der Waals surface area contributed by atoms with Gasteiger partial charge in [-0.15, -0.1) is 6.58 Å². The summed E-state index contributed by atoms with van der Waals surface area (Å²) in [6.45, 7) is 9.94. The molecular formula is C28H50O3. The standard InChI is InChI=1S/C28H50O3/c1-5-7-8-9-10-11-12-13-14-15-16-17-18-19-20-23-27(29)31-25-26(3)22-21-24-28(4,30)6-2/h6,13-14,22,30H,2,5,7-12,15-21,23-25H2,1,3-4H3/b14-13-,26-22+/t28-/m0/s1. The van der Waals surface area contributed by atoms with Crippen molar-refractivity contribution in [3.63, 3.8) is 0 Å². The van der Waals surface area contributed by atoms with Crippen LogP contribution in [0.25, 0.3) is 0 Å². The van der Waals surface area contributed by atoms with Crippen LogP contribution in [0.3, 0.4) is 0 Å². The van der Waals surface area contributed by atoms with Gasteiger partial charge in [0.1, 0.15) is 6.61 Å². The average Bonchev–Trinajstić information content (AvgIpc) is 2.75. The quantitative estimate of drug-likeness (QED) is 0.112. The highest BCUT2D eigenvalue weighted by Crippen LogP contribution is 2.14. The van der Waals surface area contributed by atoms with Gasteiger partial charge in [0, 0.05) is 6.42 Å². The van der Waals surface area contributed by atoms with Crippen molar-refractivity contribution in [2.75, 3.05) is 6.61 Å². The molecule has 0 saturated carbocycles. The molecule has 180 valence electrons. The number of allylic oxidation sites excluding steroid dienone is 3. The van der Waals surface area contributed by atoms with E-state index in [1.807, 2.05) is 13.0 Å². The van der Waals surface area contributed by atoms with Gasteiger partial charge in [0.05, 0.1) is 5.60 Å². The van der Waals surface area contributed by atoms with Crippen molar-refractivity contribution < 1.29 is 14.6 Å². The van der Waals surface area contributed by atoms with Gasteiger partial charge in [0.15, 0.2) is 0 Å². The van der Waals surface area contributed by atoms with Crippen LogP contribution < -0.4 is 0 Å². The molecule has 0 aliphatic rings. The lowest BCUT2D eigenvalue weighted by atomic mass is 10.00. The van der Waals surface area contributed by atoms with Gasteiger partial charge >= 0.3 is 5.97 Å². The number of rotatable bonds is 21. The molecule has 0 unspecified atom stereocenters. The summed E-state index contributed by atoms with van der Waals surface area (Å²) >= 11 is 0. The van der Waals surface area contributed by atoms with Gasteiger partial charge in [-0.2, -0.15) is 0 Å². The predicted molar refractivity (Wildman–Crippen MR) is 134 cm³/mol. The Morgan fingerprint density at radius 2 is 1.45 bits per heavy atom. The molecular weight excluding hydrogens is 384 g/mol. The van der Waals surface area contributed by atoms with Crippen molar-refractivity contribution in [3.05, 3.63) is 36.5 Å². The van der Waals surface area contributed by atoms with Crippen molar-refractivity contribution in [1.82, 2.24) is 0 Å². The van der Waals surface area contributed by atoms with Crippen LogP contribution in [-0.2, 0) is 9.53 Å². The summed E-state index contributed by atoms with van der Waals surface area (Å²) in [6.07, 6.45) is 26.5. The average molecular weight is 435 g/mol. The Morgan fingerprint density at radius 3 is 2.03 bits per heavy atom. The molecule has 0 fully saturated rings. The van der Waals surface area contributed by atoms with E-state index in [9.17, 15) is 9.90 Å². The van der Waals surface area contributed by atoms with E-state index in [4.69, 9.17) is 4.74 Å². The molecule has 3 nitrogen and oxygen atoms in total. The molecule has 0 bridgehead atoms. The predicted octanol–water partition coefficient (Wildman–Crippen LogP) is 8.23. The molecule has 0 amide bonds. The van der Waals surface area contributed by atoms with Crippen molar-refractivity contribution in [3.8, 4) is 0 Å². The molecule has 1 N–H and O–H groups in total. The first kappa shape index (κ1) is 29.7. The van der Waals surface area contributed by atoms with Gasteiger partial charge in [0.2, 0.25) is 0 Å². The zero-order chi connectivity index (χ0) is 23.2. The lowest BCUT2D eigenvalue weighted by molar-refractivity contribution is -0.142. The second-order valence-corrected chi connectivity index (χ2v) is 9.15. The lowest BCUT2D eigenvalue weighted by Crippen LogP contribution is -2.19. The van der Waals surface area contributed by atoms with Gasteiger partial charge in [-0.05, 0) is 64.4 Å². The van der Waals surface area contributed by atoms with E-state index in [-0.39, 0.29) is 5.97 Å². The molecule has 0 aromatic rings. The van der Waals surface area contributed by atoms with E-state index < -0.39 is 5.60 Å². The molecule has 0 radical (unpaired) electrons. The monoisotopic (exact) mass is 434 g/mol. The zero-order valence-corrected chi connectivity index (χ0v) is 20.8. The Labute approximate surface area is 193 Å². The van der Waals surface area contributed by atoms with Crippen LogP contribution in [0.2, 0.25) is 0 Å². The third-order valence-corrected chi connectivity index (χ3v) is 5.69. The van der Waals surface area contributed by atoms with Crippen LogP contribution >= 0.6 is 0 Å². The first-order chi connectivity index (χ1) is 14.9. The molecule has 3 heteroatoms. The third kappa shape index (κ3) is 21.7. The van der Waals surface area contributed by atoms with Gasteiger partial charge < -0.3 is 9.84 Å².